The molecule has 0 amide bonds. The first-order chi connectivity index (χ1) is 11.7. The molecule has 24 heavy (non-hydrogen) atoms. The van der Waals surface area contributed by atoms with Crippen LogP contribution in [-0.4, -0.2) is 32.8 Å². The van der Waals surface area contributed by atoms with E-state index in [-0.39, 0.29) is 5.82 Å². The van der Waals surface area contributed by atoms with Gasteiger partial charge in [-0.1, -0.05) is 0 Å². The van der Waals surface area contributed by atoms with Crippen molar-refractivity contribution in [1.82, 2.24) is 25.1 Å². The number of aromatic nitrogens is 4. The Morgan fingerprint density at radius 2 is 2.04 bits per heavy atom. The molecule has 5 nitrogen and oxygen atoms in total. The molecule has 4 rings (SSSR count). The minimum atomic E-state index is -0.266. The number of hydrogen-bond acceptors (Lipinski definition) is 4. The highest BCUT2D eigenvalue weighted by Gasteiger charge is 2.23. The molecule has 2 aromatic heterocycles. The van der Waals surface area contributed by atoms with E-state index in [0.29, 0.717) is 11.7 Å². The van der Waals surface area contributed by atoms with Gasteiger partial charge in [0.05, 0.1) is 5.69 Å². The van der Waals surface area contributed by atoms with Gasteiger partial charge in [-0.15, -0.1) is 0 Å². The lowest BCUT2D eigenvalue weighted by Crippen LogP contribution is -2.10. The first kappa shape index (κ1) is 15.0. The summed E-state index contributed by atoms with van der Waals surface area (Å²) in [4.78, 5) is 9.28. The zero-order chi connectivity index (χ0) is 16.5. The van der Waals surface area contributed by atoms with Crippen LogP contribution in [0.1, 0.15) is 17.9 Å². The Bertz CT molecular complexity index is 850. The van der Waals surface area contributed by atoms with Crippen molar-refractivity contribution in [3.05, 3.63) is 54.1 Å². The van der Waals surface area contributed by atoms with E-state index in [9.17, 15) is 4.39 Å². The Morgan fingerprint density at radius 3 is 2.71 bits per heavy atom. The molecule has 0 saturated carbocycles. The molecule has 1 aliphatic rings. The molecular weight excluding hydrogens is 305 g/mol. The molecule has 1 unspecified atom stereocenters. The standard InChI is InChI=1S/C18H18FN5/c1-24-9-7-16(23-24)17-15(13-6-8-20-10-13)11-21-18(22-17)12-2-4-14(19)5-3-12/h2-5,7,9,11,13,20H,6,8,10H2,1H3. The molecule has 1 aliphatic heterocycles. The van der Waals surface area contributed by atoms with Crippen LogP contribution in [0, 0.1) is 5.82 Å². The molecule has 0 aliphatic carbocycles. The quantitative estimate of drug-likeness (QED) is 0.805. The van der Waals surface area contributed by atoms with Gasteiger partial charge in [-0.05, 0) is 43.3 Å². The van der Waals surface area contributed by atoms with Crippen LogP contribution in [0.5, 0.6) is 0 Å². The number of aryl methyl sites for hydroxylation is 1. The molecule has 1 N–H and O–H groups in total. The van der Waals surface area contributed by atoms with Crippen molar-refractivity contribution >= 4 is 0 Å². The lowest BCUT2D eigenvalue weighted by atomic mass is 9.97. The number of hydrogen-bond donors (Lipinski definition) is 1. The van der Waals surface area contributed by atoms with Gasteiger partial charge in [0.2, 0.25) is 0 Å². The first-order valence-electron chi connectivity index (χ1n) is 8.04. The monoisotopic (exact) mass is 323 g/mol. The van der Waals surface area contributed by atoms with Crippen LogP contribution in [0.2, 0.25) is 0 Å². The van der Waals surface area contributed by atoms with Crippen LogP contribution in [0.4, 0.5) is 4.39 Å². The Hall–Kier alpha value is -2.60. The van der Waals surface area contributed by atoms with Gasteiger partial charge in [0.15, 0.2) is 5.82 Å². The van der Waals surface area contributed by atoms with Gasteiger partial charge in [-0.2, -0.15) is 5.10 Å². The molecule has 6 heteroatoms. The van der Waals surface area contributed by atoms with E-state index in [2.05, 4.69) is 15.4 Å². The fourth-order valence-electron chi connectivity index (χ4n) is 3.09. The number of rotatable bonds is 3. The van der Waals surface area contributed by atoms with Gasteiger partial charge in [0.1, 0.15) is 11.5 Å². The summed E-state index contributed by atoms with van der Waals surface area (Å²) < 4.78 is 14.9. The summed E-state index contributed by atoms with van der Waals surface area (Å²) in [6.45, 7) is 1.94. The van der Waals surface area contributed by atoms with Crippen LogP contribution >= 0.6 is 0 Å². The fraction of sp³-hybridized carbons (Fsp3) is 0.278. The van der Waals surface area contributed by atoms with Crippen LogP contribution in [0.3, 0.4) is 0 Å². The molecule has 0 bridgehead atoms. The Morgan fingerprint density at radius 1 is 1.21 bits per heavy atom. The third-order valence-corrected chi connectivity index (χ3v) is 4.38. The van der Waals surface area contributed by atoms with Crippen molar-refractivity contribution in [2.45, 2.75) is 12.3 Å². The van der Waals surface area contributed by atoms with Crippen molar-refractivity contribution in [2.75, 3.05) is 13.1 Å². The predicted octanol–water partition coefficient (Wildman–Crippen LogP) is 2.76. The number of halogens is 1. The minimum Gasteiger partial charge on any atom is -0.316 e. The van der Waals surface area contributed by atoms with E-state index < -0.39 is 0 Å². The van der Waals surface area contributed by atoms with Crippen LogP contribution in [0.15, 0.2) is 42.7 Å². The summed E-state index contributed by atoms with van der Waals surface area (Å²) in [6, 6.07) is 8.21. The molecule has 122 valence electrons. The third-order valence-electron chi connectivity index (χ3n) is 4.38. The number of benzene rings is 1. The first-order valence-corrected chi connectivity index (χ1v) is 8.04. The van der Waals surface area contributed by atoms with E-state index in [1.165, 1.54) is 12.1 Å². The van der Waals surface area contributed by atoms with Crippen molar-refractivity contribution in [3.63, 3.8) is 0 Å². The zero-order valence-corrected chi connectivity index (χ0v) is 13.4. The highest BCUT2D eigenvalue weighted by Crippen LogP contribution is 2.31. The van der Waals surface area contributed by atoms with E-state index in [1.54, 1.807) is 16.8 Å². The van der Waals surface area contributed by atoms with Crippen LogP contribution in [0.25, 0.3) is 22.8 Å². The summed E-state index contributed by atoms with van der Waals surface area (Å²) in [6.07, 6.45) is 4.87. The maximum absolute atomic E-state index is 13.2. The summed E-state index contributed by atoms with van der Waals surface area (Å²) >= 11 is 0. The average Bonchev–Trinajstić information content (AvgIpc) is 3.27. The van der Waals surface area contributed by atoms with Crippen molar-refractivity contribution in [3.8, 4) is 22.8 Å². The Balaban J connectivity index is 1.82. The Labute approximate surface area is 139 Å². The fourth-order valence-corrected chi connectivity index (χ4v) is 3.09. The van der Waals surface area contributed by atoms with Gasteiger partial charge >= 0.3 is 0 Å². The smallest absolute Gasteiger partial charge is 0.159 e. The molecule has 1 saturated heterocycles. The maximum atomic E-state index is 13.2. The number of nitrogens with zero attached hydrogens (tertiary/aromatic N) is 4. The zero-order valence-electron chi connectivity index (χ0n) is 13.4. The van der Waals surface area contributed by atoms with Gasteiger partial charge in [0, 0.05) is 43.0 Å². The van der Waals surface area contributed by atoms with Gasteiger partial charge in [0.25, 0.3) is 0 Å². The van der Waals surface area contributed by atoms with Gasteiger partial charge in [-0.3, -0.25) is 4.68 Å². The SMILES string of the molecule is Cn1ccc(-c2nc(-c3ccc(F)cc3)ncc2C2CCNC2)n1. The molecule has 0 radical (unpaired) electrons. The summed E-state index contributed by atoms with van der Waals surface area (Å²) in [7, 11) is 1.89. The van der Waals surface area contributed by atoms with Crippen molar-refractivity contribution in [1.29, 1.82) is 0 Å². The summed E-state index contributed by atoms with van der Waals surface area (Å²) in [5.74, 6) is 0.715. The van der Waals surface area contributed by atoms with Crippen molar-refractivity contribution in [2.24, 2.45) is 7.05 Å². The molecule has 1 fully saturated rings. The topological polar surface area (TPSA) is 55.6 Å². The second-order valence-electron chi connectivity index (χ2n) is 6.07. The normalized spacial score (nSPS) is 17.3. The van der Waals surface area contributed by atoms with Gasteiger partial charge in [-0.25, -0.2) is 14.4 Å². The predicted molar refractivity (Wildman–Crippen MR) is 89.9 cm³/mol. The summed E-state index contributed by atoms with van der Waals surface area (Å²) in [5, 5.41) is 7.89. The van der Waals surface area contributed by atoms with Crippen LogP contribution in [-0.2, 0) is 7.05 Å². The van der Waals surface area contributed by atoms with Crippen molar-refractivity contribution < 1.29 is 4.39 Å². The lowest BCUT2D eigenvalue weighted by molar-refractivity contribution is 0.628. The van der Waals surface area contributed by atoms with Crippen LogP contribution < -0.4 is 5.32 Å². The largest absolute Gasteiger partial charge is 0.316 e. The maximum Gasteiger partial charge on any atom is 0.159 e. The van der Waals surface area contributed by atoms with Gasteiger partial charge < -0.3 is 5.32 Å². The molecule has 1 aromatic carbocycles. The Kier molecular flexibility index (Phi) is 3.82. The lowest BCUT2D eigenvalue weighted by Gasteiger charge is -2.13. The number of nitrogens with one attached hydrogen (secondary N) is 1. The molecule has 3 aromatic rings. The molecule has 0 spiro atoms. The van der Waals surface area contributed by atoms with E-state index >= 15 is 0 Å². The third kappa shape index (κ3) is 2.80. The molecular formula is C18H18FN5. The highest BCUT2D eigenvalue weighted by molar-refractivity contribution is 5.64. The minimum absolute atomic E-state index is 0.266. The summed E-state index contributed by atoms with van der Waals surface area (Å²) in [5.41, 5.74) is 3.61. The second-order valence-corrected chi connectivity index (χ2v) is 6.07. The average molecular weight is 323 g/mol. The highest BCUT2D eigenvalue weighted by atomic mass is 19.1. The van der Waals surface area contributed by atoms with E-state index in [4.69, 9.17) is 4.98 Å². The molecule has 3 heterocycles. The van der Waals surface area contributed by atoms with E-state index in [0.717, 1.165) is 42.0 Å². The molecule has 1 atom stereocenters. The van der Waals surface area contributed by atoms with E-state index in [1.807, 2.05) is 25.5 Å². The second kappa shape index (κ2) is 6.13.